The Bertz CT molecular complexity index is 1470. The van der Waals surface area contributed by atoms with Crippen molar-refractivity contribution in [1.82, 2.24) is 9.97 Å². The molecular formula is C32H34N4O. The van der Waals surface area contributed by atoms with Crippen molar-refractivity contribution < 1.29 is 5.11 Å². The van der Waals surface area contributed by atoms with E-state index < -0.39 is 5.41 Å². The number of allylic oxidation sites excluding steroid dienone is 3. The van der Waals surface area contributed by atoms with Gasteiger partial charge in [0.05, 0.1) is 16.8 Å². The maximum absolute atomic E-state index is 10.8. The second-order valence-electron chi connectivity index (χ2n) is 10.1. The van der Waals surface area contributed by atoms with Crippen LogP contribution < -0.4 is 9.80 Å². The number of aromatic nitrogens is 2. The Morgan fingerprint density at radius 1 is 0.811 bits per heavy atom. The van der Waals surface area contributed by atoms with Gasteiger partial charge in [-0.2, -0.15) is 0 Å². The van der Waals surface area contributed by atoms with Crippen molar-refractivity contribution in [2.24, 2.45) is 0 Å². The Morgan fingerprint density at radius 3 is 1.95 bits per heavy atom. The summed E-state index contributed by atoms with van der Waals surface area (Å²) in [5.41, 5.74) is 9.11. The molecule has 3 aromatic carbocycles. The molecule has 188 valence electrons. The highest BCUT2D eigenvalue weighted by atomic mass is 16.3. The third kappa shape index (κ3) is 4.01. The molecule has 0 radical (unpaired) electrons. The first-order valence-electron chi connectivity index (χ1n) is 12.6. The van der Waals surface area contributed by atoms with Crippen LogP contribution in [0.1, 0.15) is 36.5 Å². The van der Waals surface area contributed by atoms with Crippen LogP contribution in [-0.4, -0.2) is 43.3 Å². The largest absolute Gasteiger partial charge is 0.507 e. The number of fused-ring (bicyclic) bond motifs is 3. The van der Waals surface area contributed by atoms with E-state index in [0.717, 1.165) is 28.6 Å². The van der Waals surface area contributed by atoms with Crippen molar-refractivity contribution in [3.05, 3.63) is 102 Å². The van der Waals surface area contributed by atoms with E-state index in [-0.39, 0.29) is 5.75 Å². The molecule has 1 aliphatic carbocycles. The number of phenolic OH excluding ortho intramolecular Hbond substituents is 1. The molecule has 2 N–H and O–H groups in total. The number of nitrogens with zero attached hydrogens (tertiary/aromatic N) is 3. The van der Waals surface area contributed by atoms with Gasteiger partial charge < -0.3 is 19.9 Å². The van der Waals surface area contributed by atoms with Gasteiger partial charge in [-0.1, -0.05) is 42.5 Å². The van der Waals surface area contributed by atoms with E-state index >= 15 is 0 Å². The number of aromatic hydroxyl groups is 1. The number of nitrogens with one attached hydrogen (secondary N) is 1. The van der Waals surface area contributed by atoms with Crippen molar-refractivity contribution in [2.45, 2.75) is 19.3 Å². The molecule has 1 aliphatic rings. The van der Waals surface area contributed by atoms with E-state index in [1.807, 2.05) is 49.4 Å². The molecule has 0 aliphatic heterocycles. The molecule has 0 saturated heterocycles. The number of aromatic amines is 1. The average molecular weight is 491 g/mol. The van der Waals surface area contributed by atoms with E-state index in [4.69, 9.17) is 4.98 Å². The van der Waals surface area contributed by atoms with Crippen LogP contribution in [0.3, 0.4) is 0 Å². The van der Waals surface area contributed by atoms with Gasteiger partial charge in [0.15, 0.2) is 0 Å². The number of imidazole rings is 1. The fourth-order valence-electron chi connectivity index (χ4n) is 5.31. The van der Waals surface area contributed by atoms with E-state index in [9.17, 15) is 5.11 Å². The summed E-state index contributed by atoms with van der Waals surface area (Å²) >= 11 is 0. The standard InChI is InChI=1S/C32H34N4O/c1-7-8-9-14-29-33-30(23-12-10-11-13-28(23)37)31(34-29)32(2)26-17-15-21(35(3)4)19-24(26)25-20-22(36(5)6)16-18-27(25)32/h7-20,37H,1-6H3,(H,33,34)/b8-7-,14-9-. The number of rotatable bonds is 6. The smallest absolute Gasteiger partial charge is 0.130 e. The number of hydrogen-bond acceptors (Lipinski definition) is 4. The molecule has 0 bridgehead atoms. The zero-order valence-corrected chi connectivity index (χ0v) is 22.4. The maximum Gasteiger partial charge on any atom is 0.130 e. The van der Waals surface area contributed by atoms with Crippen molar-refractivity contribution >= 4 is 17.5 Å². The minimum Gasteiger partial charge on any atom is -0.507 e. The summed E-state index contributed by atoms with van der Waals surface area (Å²) in [5, 5.41) is 10.8. The third-order valence-corrected chi connectivity index (χ3v) is 7.35. The zero-order chi connectivity index (χ0) is 26.3. The van der Waals surface area contributed by atoms with Gasteiger partial charge in [-0.3, -0.25) is 0 Å². The highest BCUT2D eigenvalue weighted by Crippen LogP contribution is 2.55. The minimum absolute atomic E-state index is 0.215. The topological polar surface area (TPSA) is 55.4 Å². The first-order chi connectivity index (χ1) is 17.8. The molecule has 0 fully saturated rings. The Labute approximate surface area is 219 Å². The molecule has 0 amide bonds. The molecule has 37 heavy (non-hydrogen) atoms. The quantitative estimate of drug-likeness (QED) is 0.291. The molecule has 1 heterocycles. The molecule has 1 aromatic heterocycles. The summed E-state index contributed by atoms with van der Waals surface area (Å²) in [6.45, 7) is 4.25. The first kappa shape index (κ1) is 24.4. The van der Waals surface area contributed by atoms with E-state index in [1.165, 1.54) is 22.3 Å². The number of H-pyrrole nitrogens is 1. The van der Waals surface area contributed by atoms with Gasteiger partial charge in [-0.25, -0.2) is 4.98 Å². The Balaban J connectivity index is 1.82. The molecule has 5 nitrogen and oxygen atoms in total. The second kappa shape index (κ2) is 9.32. The van der Waals surface area contributed by atoms with Gasteiger partial charge >= 0.3 is 0 Å². The Hall–Kier alpha value is -4.25. The normalized spacial score (nSPS) is 13.8. The van der Waals surface area contributed by atoms with Gasteiger partial charge in [0.2, 0.25) is 0 Å². The van der Waals surface area contributed by atoms with Crippen LogP contribution in [0.15, 0.2) is 78.9 Å². The summed E-state index contributed by atoms with van der Waals surface area (Å²) < 4.78 is 0. The number of phenols is 1. The fraction of sp³-hybridized carbons (Fsp3) is 0.219. The lowest BCUT2D eigenvalue weighted by atomic mass is 9.75. The number of benzene rings is 3. The van der Waals surface area contributed by atoms with Crippen LogP contribution in [0, 0.1) is 0 Å². The van der Waals surface area contributed by atoms with E-state index in [2.05, 4.69) is 86.3 Å². The van der Waals surface area contributed by atoms with Gasteiger partial charge in [0, 0.05) is 45.1 Å². The predicted octanol–water partition coefficient (Wildman–Crippen LogP) is 6.84. The van der Waals surface area contributed by atoms with Crippen LogP contribution in [0.2, 0.25) is 0 Å². The van der Waals surface area contributed by atoms with Crippen LogP contribution in [0.25, 0.3) is 28.5 Å². The molecule has 4 aromatic rings. The van der Waals surface area contributed by atoms with Crippen LogP contribution in [0.5, 0.6) is 5.75 Å². The molecule has 0 spiro atoms. The molecular weight excluding hydrogens is 456 g/mol. The van der Waals surface area contributed by atoms with Gasteiger partial charge in [-0.15, -0.1) is 0 Å². The number of hydrogen-bond donors (Lipinski definition) is 2. The molecule has 0 unspecified atom stereocenters. The zero-order valence-electron chi connectivity index (χ0n) is 22.4. The van der Waals surface area contributed by atoms with Crippen LogP contribution in [-0.2, 0) is 5.41 Å². The molecule has 5 rings (SSSR count). The predicted molar refractivity (Wildman–Crippen MR) is 156 cm³/mol. The van der Waals surface area contributed by atoms with Crippen LogP contribution >= 0.6 is 0 Å². The Kier molecular flexibility index (Phi) is 6.16. The van der Waals surface area contributed by atoms with Crippen molar-refractivity contribution in [3.63, 3.8) is 0 Å². The number of para-hydroxylation sites is 1. The summed E-state index contributed by atoms with van der Waals surface area (Å²) in [6.07, 6.45) is 7.91. The highest BCUT2D eigenvalue weighted by molar-refractivity contribution is 5.88. The van der Waals surface area contributed by atoms with Gasteiger partial charge in [0.25, 0.3) is 0 Å². The maximum atomic E-state index is 10.8. The fourth-order valence-corrected chi connectivity index (χ4v) is 5.31. The lowest BCUT2D eigenvalue weighted by Gasteiger charge is -2.28. The van der Waals surface area contributed by atoms with Crippen LogP contribution in [0.4, 0.5) is 11.4 Å². The van der Waals surface area contributed by atoms with E-state index in [0.29, 0.717) is 5.56 Å². The average Bonchev–Trinajstić information content (AvgIpc) is 3.42. The first-order valence-corrected chi connectivity index (χ1v) is 12.6. The molecule has 0 atom stereocenters. The SMILES string of the molecule is C/C=C\C=C/c1nc(-c2ccccc2O)c(C2(C)c3ccc(N(C)C)cc3-c3cc(N(C)C)ccc32)[nH]1. The lowest BCUT2D eigenvalue weighted by Crippen LogP contribution is -2.24. The monoisotopic (exact) mass is 490 g/mol. The second-order valence-corrected chi connectivity index (χ2v) is 10.1. The highest BCUT2D eigenvalue weighted by Gasteiger charge is 2.44. The third-order valence-electron chi connectivity index (χ3n) is 7.35. The molecule has 0 saturated carbocycles. The van der Waals surface area contributed by atoms with Gasteiger partial charge in [0.1, 0.15) is 11.6 Å². The molecule has 5 heteroatoms. The summed E-state index contributed by atoms with van der Waals surface area (Å²) in [6, 6.07) is 20.8. The minimum atomic E-state index is -0.502. The van der Waals surface area contributed by atoms with Crippen molar-refractivity contribution in [2.75, 3.05) is 38.0 Å². The lowest BCUT2D eigenvalue weighted by molar-refractivity contribution is 0.477. The van der Waals surface area contributed by atoms with Crippen molar-refractivity contribution in [1.29, 1.82) is 0 Å². The summed E-state index contributed by atoms with van der Waals surface area (Å²) in [4.78, 5) is 12.9. The van der Waals surface area contributed by atoms with Crippen molar-refractivity contribution in [3.8, 4) is 28.1 Å². The van der Waals surface area contributed by atoms with E-state index in [1.54, 1.807) is 6.07 Å². The Morgan fingerprint density at radius 2 is 1.41 bits per heavy atom. The summed E-state index contributed by atoms with van der Waals surface area (Å²) in [7, 11) is 8.28. The number of anilines is 2. The van der Waals surface area contributed by atoms with Gasteiger partial charge in [-0.05, 0) is 78.6 Å². The summed E-state index contributed by atoms with van der Waals surface area (Å²) in [5.74, 6) is 0.963.